The fourth-order valence-electron chi connectivity index (χ4n) is 1.16. The summed E-state index contributed by atoms with van der Waals surface area (Å²) in [7, 11) is -3.52. The fourth-order valence-corrected chi connectivity index (χ4v) is 4.68. The maximum Gasteiger partial charge on any atom is 0.250 e. The van der Waals surface area contributed by atoms with Crippen LogP contribution < -0.4 is 10.5 Å². The standard InChI is InChI=1S/C9H12BrClN2O3S2/c10-9-6(11)5-8(17-9)18(15,16)13-4-2-1-3-7(12)14/h5,13H,1-4H2,(H2,12,14). The van der Waals surface area contributed by atoms with Gasteiger partial charge in [-0.3, -0.25) is 4.79 Å². The van der Waals surface area contributed by atoms with E-state index in [1.807, 2.05) is 0 Å². The van der Waals surface area contributed by atoms with Gasteiger partial charge in [0.1, 0.15) is 4.21 Å². The highest BCUT2D eigenvalue weighted by Gasteiger charge is 2.18. The number of carbonyl (C=O) groups is 1. The van der Waals surface area contributed by atoms with Crippen molar-refractivity contribution in [3.05, 3.63) is 14.9 Å². The van der Waals surface area contributed by atoms with Crippen LogP contribution in [0.15, 0.2) is 14.1 Å². The molecular weight excluding hydrogens is 364 g/mol. The molecule has 0 aromatic carbocycles. The van der Waals surface area contributed by atoms with E-state index >= 15 is 0 Å². The van der Waals surface area contributed by atoms with E-state index in [2.05, 4.69) is 20.7 Å². The largest absolute Gasteiger partial charge is 0.370 e. The monoisotopic (exact) mass is 374 g/mol. The van der Waals surface area contributed by atoms with E-state index in [0.29, 0.717) is 21.7 Å². The van der Waals surface area contributed by atoms with Gasteiger partial charge in [-0.05, 0) is 34.8 Å². The molecule has 18 heavy (non-hydrogen) atoms. The van der Waals surface area contributed by atoms with Crippen molar-refractivity contribution in [2.75, 3.05) is 6.54 Å². The molecule has 1 aromatic heterocycles. The lowest BCUT2D eigenvalue weighted by Crippen LogP contribution is -2.24. The second-order valence-electron chi connectivity index (χ2n) is 3.51. The highest BCUT2D eigenvalue weighted by molar-refractivity contribution is 9.11. The molecule has 1 amide bonds. The number of thiophene rings is 1. The first-order valence-corrected chi connectivity index (χ1v) is 8.53. The van der Waals surface area contributed by atoms with Crippen molar-refractivity contribution in [3.8, 4) is 0 Å². The van der Waals surface area contributed by atoms with Crippen LogP contribution >= 0.6 is 38.9 Å². The Balaban J connectivity index is 2.48. The van der Waals surface area contributed by atoms with Crippen molar-refractivity contribution in [2.45, 2.75) is 23.5 Å². The summed E-state index contributed by atoms with van der Waals surface area (Å²) in [6.45, 7) is 0.267. The molecule has 102 valence electrons. The number of unbranched alkanes of at least 4 members (excludes halogenated alkanes) is 1. The van der Waals surface area contributed by atoms with Crippen LogP contribution in [-0.4, -0.2) is 20.9 Å². The molecule has 0 fully saturated rings. The van der Waals surface area contributed by atoms with Gasteiger partial charge in [-0.2, -0.15) is 0 Å². The average Bonchev–Trinajstić information content (AvgIpc) is 2.59. The van der Waals surface area contributed by atoms with Crippen LogP contribution in [-0.2, 0) is 14.8 Å². The van der Waals surface area contributed by atoms with Crippen molar-refractivity contribution >= 4 is 54.8 Å². The van der Waals surface area contributed by atoms with Crippen molar-refractivity contribution in [1.29, 1.82) is 0 Å². The molecule has 9 heteroatoms. The minimum atomic E-state index is -3.52. The van der Waals surface area contributed by atoms with Gasteiger partial charge in [0, 0.05) is 13.0 Å². The summed E-state index contributed by atoms with van der Waals surface area (Å²) < 4.78 is 26.8. The topological polar surface area (TPSA) is 89.3 Å². The first kappa shape index (κ1) is 15.9. The van der Waals surface area contributed by atoms with Crippen molar-refractivity contribution in [3.63, 3.8) is 0 Å². The number of halogens is 2. The molecule has 0 spiro atoms. The number of amides is 1. The van der Waals surface area contributed by atoms with Gasteiger partial charge in [0.15, 0.2) is 0 Å². The second-order valence-corrected chi connectivity index (χ2v) is 8.28. The van der Waals surface area contributed by atoms with E-state index in [9.17, 15) is 13.2 Å². The molecule has 0 saturated carbocycles. The molecule has 0 radical (unpaired) electrons. The first-order valence-electron chi connectivity index (χ1n) is 5.06. The summed E-state index contributed by atoms with van der Waals surface area (Å²) in [6, 6.07) is 1.39. The fraction of sp³-hybridized carbons (Fsp3) is 0.444. The number of hydrogen-bond donors (Lipinski definition) is 2. The molecule has 1 aromatic rings. The van der Waals surface area contributed by atoms with Crippen LogP contribution in [0.1, 0.15) is 19.3 Å². The summed E-state index contributed by atoms with van der Waals surface area (Å²) in [4.78, 5) is 10.5. The number of primary amides is 1. The Morgan fingerprint density at radius 3 is 2.67 bits per heavy atom. The molecule has 0 atom stereocenters. The van der Waals surface area contributed by atoms with Crippen LogP contribution in [0.25, 0.3) is 0 Å². The molecular formula is C9H12BrClN2O3S2. The molecule has 0 aliphatic heterocycles. The van der Waals surface area contributed by atoms with Crippen LogP contribution in [0.3, 0.4) is 0 Å². The Morgan fingerprint density at radius 1 is 1.50 bits per heavy atom. The smallest absolute Gasteiger partial charge is 0.250 e. The van der Waals surface area contributed by atoms with Crippen molar-refractivity contribution in [2.24, 2.45) is 5.73 Å². The molecule has 1 rings (SSSR count). The van der Waals surface area contributed by atoms with Crippen LogP contribution in [0.5, 0.6) is 0 Å². The summed E-state index contributed by atoms with van der Waals surface area (Å²) in [5.74, 6) is -0.383. The van der Waals surface area contributed by atoms with Gasteiger partial charge < -0.3 is 5.73 Å². The van der Waals surface area contributed by atoms with Gasteiger partial charge in [-0.15, -0.1) is 11.3 Å². The lowest BCUT2D eigenvalue weighted by atomic mass is 10.2. The number of nitrogens with one attached hydrogen (secondary N) is 1. The van der Waals surface area contributed by atoms with E-state index in [1.165, 1.54) is 6.07 Å². The number of rotatable bonds is 7. The Hall–Kier alpha value is -0.150. The predicted octanol–water partition coefficient (Wildman–Crippen LogP) is 2.10. The van der Waals surface area contributed by atoms with E-state index < -0.39 is 10.0 Å². The Kier molecular flexibility index (Phi) is 6.06. The van der Waals surface area contributed by atoms with Gasteiger partial charge in [-0.25, -0.2) is 13.1 Å². The number of nitrogens with two attached hydrogens (primary N) is 1. The minimum Gasteiger partial charge on any atom is -0.370 e. The maximum absolute atomic E-state index is 11.8. The lowest BCUT2D eigenvalue weighted by Gasteiger charge is -2.03. The number of sulfonamides is 1. The molecule has 5 nitrogen and oxygen atoms in total. The highest BCUT2D eigenvalue weighted by Crippen LogP contribution is 2.34. The van der Waals surface area contributed by atoms with E-state index in [4.69, 9.17) is 17.3 Å². The van der Waals surface area contributed by atoms with Gasteiger partial charge in [-0.1, -0.05) is 11.6 Å². The normalized spacial score (nSPS) is 11.7. The van der Waals surface area contributed by atoms with Gasteiger partial charge in [0.25, 0.3) is 0 Å². The third-order valence-electron chi connectivity index (χ3n) is 2.03. The van der Waals surface area contributed by atoms with Crippen molar-refractivity contribution < 1.29 is 13.2 Å². The quantitative estimate of drug-likeness (QED) is 0.715. The lowest BCUT2D eigenvalue weighted by molar-refractivity contribution is -0.118. The van der Waals surface area contributed by atoms with Crippen LogP contribution in [0.2, 0.25) is 5.02 Å². The minimum absolute atomic E-state index is 0.161. The molecule has 0 bridgehead atoms. The average molecular weight is 376 g/mol. The molecule has 0 aliphatic carbocycles. The first-order chi connectivity index (χ1) is 8.33. The van der Waals surface area contributed by atoms with Gasteiger partial charge in [0.05, 0.1) is 8.81 Å². The molecule has 0 unspecified atom stereocenters. The SMILES string of the molecule is NC(=O)CCCCNS(=O)(=O)c1cc(Cl)c(Br)s1. The molecule has 0 aliphatic rings. The van der Waals surface area contributed by atoms with Crippen LogP contribution in [0.4, 0.5) is 0 Å². The Bertz CT molecular complexity index is 510. The Morgan fingerprint density at radius 2 is 2.17 bits per heavy atom. The van der Waals surface area contributed by atoms with Gasteiger partial charge in [0.2, 0.25) is 15.9 Å². The van der Waals surface area contributed by atoms with E-state index in [1.54, 1.807) is 0 Å². The highest BCUT2D eigenvalue weighted by atomic mass is 79.9. The summed E-state index contributed by atoms with van der Waals surface area (Å²) in [5.41, 5.74) is 4.98. The van der Waals surface area contributed by atoms with Gasteiger partial charge >= 0.3 is 0 Å². The van der Waals surface area contributed by atoms with E-state index in [-0.39, 0.29) is 23.1 Å². The summed E-state index contributed by atoms with van der Waals surface area (Å²) in [6.07, 6.45) is 1.38. The third kappa shape index (κ3) is 4.85. The van der Waals surface area contributed by atoms with E-state index in [0.717, 1.165) is 11.3 Å². The predicted molar refractivity (Wildman–Crippen MR) is 75.3 cm³/mol. The second kappa shape index (κ2) is 6.85. The Labute approximate surface area is 123 Å². The molecule has 1 heterocycles. The summed E-state index contributed by atoms with van der Waals surface area (Å²) >= 11 is 9.98. The third-order valence-corrected chi connectivity index (χ3v) is 6.44. The number of hydrogen-bond acceptors (Lipinski definition) is 4. The zero-order chi connectivity index (χ0) is 13.8. The zero-order valence-electron chi connectivity index (χ0n) is 9.28. The number of carbonyl (C=O) groups excluding carboxylic acids is 1. The van der Waals surface area contributed by atoms with Crippen molar-refractivity contribution in [1.82, 2.24) is 4.72 Å². The molecule has 0 saturated heterocycles. The summed E-state index contributed by atoms with van der Waals surface area (Å²) in [5, 5.41) is 0.370. The zero-order valence-corrected chi connectivity index (χ0v) is 13.3. The van der Waals surface area contributed by atoms with Crippen LogP contribution in [0, 0.1) is 0 Å². The maximum atomic E-state index is 11.8. The molecule has 3 N–H and O–H groups in total.